The molecule has 2 aromatic rings. The van der Waals surface area contributed by atoms with Gasteiger partial charge in [0.15, 0.2) is 17.6 Å². The molecule has 1 aromatic carbocycles. The zero-order valence-corrected chi connectivity index (χ0v) is 12.4. The van der Waals surface area contributed by atoms with Gasteiger partial charge in [0.2, 0.25) is 6.79 Å². The van der Waals surface area contributed by atoms with Crippen molar-refractivity contribution < 1.29 is 28.2 Å². The average molecular weight is 317 g/mol. The number of hydrogen-bond donors (Lipinski definition) is 1. The lowest BCUT2D eigenvalue weighted by molar-refractivity contribution is -0.129. The van der Waals surface area contributed by atoms with Crippen LogP contribution in [0.4, 0.5) is 0 Å². The Morgan fingerprint density at radius 2 is 2.09 bits per heavy atom. The predicted octanol–water partition coefficient (Wildman–Crippen LogP) is 1.87. The molecule has 0 saturated heterocycles. The molecule has 0 unspecified atom stereocenters. The Morgan fingerprint density at radius 1 is 1.26 bits per heavy atom. The van der Waals surface area contributed by atoms with E-state index in [0.29, 0.717) is 22.8 Å². The van der Waals surface area contributed by atoms with Gasteiger partial charge in [-0.3, -0.25) is 4.79 Å². The van der Waals surface area contributed by atoms with Crippen LogP contribution in [-0.2, 0) is 16.1 Å². The molecule has 1 aromatic heterocycles. The summed E-state index contributed by atoms with van der Waals surface area (Å²) in [6.07, 6.45) is 0.591. The van der Waals surface area contributed by atoms with Gasteiger partial charge in [0.1, 0.15) is 5.76 Å². The molecule has 0 fully saturated rings. The number of rotatable bonds is 5. The number of nitrogens with one attached hydrogen (secondary N) is 1. The maximum Gasteiger partial charge on any atom is 0.339 e. The third-order valence-corrected chi connectivity index (χ3v) is 3.28. The van der Waals surface area contributed by atoms with Gasteiger partial charge < -0.3 is 23.9 Å². The summed E-state index contributed by atoms with van der Waals surface area (Å²) in [4.78, 5) is 24.0. The minimum Gasteiger partial charge on any atom is -0.467 e. The first-order chi connectivity index (χ1) is 11.1. The zero-order chi connectivity index (χ0) is 16.2. The lowest BCUT2D eigenvalue weighted by Gasteiger charge is -2.13. The van der Waals surface area contributed by atoms with Crippen molar-refractivity contribution in [3.63, 3.8) is 0 Å². The molecule has 3 rings (SSSR count). The van der Waals surface area contributed by atoms with Crippen molar-refractivity contribution in [1.29, 1.82) is 0 Å². The number of carbonyl (C=O) groups is 2. The second-order valence-corrected chi connectivity index (χ2v) is 4.91. The lowest BCUT2D eigenvalue weighted by atomic mass is 10.2. The molecule has 2 heterocycles. The first-order valence-corrected chi connectivity index (χ1v) is 7.04. The molecular weight excluding hydrogens is 302 g/mol. The van der Waals surface area contributed by atoms with E-state index >= 15 is 0 Å². The van der Waals surface area contributed by atoms with Crippen molar-refractivity contribution >= 4 is 11.9 Å². The molecule has 1 N–H and O–H groups in total. The fourth-order valence-electron chi connectivity index (χ4n) is 2.04. The number of esters is 1. The van der Waals surface area contributed by atoms with Crippen LogP contribution in [0.15, 0.2) is 41.0 Å². The van der Waals surface area contributed by atoms with Gasteiger partial charge in [-0.15, -0.1) is 0 Å². The van der Waals surface area contributed by atoms with Crippen molar-refractivity contribution in [1.82, 2.24) is 5.32 Å². The molecule has 23 heavy (non-hydrogen) atoms. The summed E-state index contributed by atoms with van der Waals surface area (Å²) in [6, 6.07) is 8.18. The van der Waals surface area contributed by atoms with Gasteiger partial charge in [-0.05, 0) is 37.3 Å². The van der Waals surface area contributed by atoms with Gasteiger partial charge in [-0.1, -0.05) is 0 Å². The fourth-order valence-corrected chi connectivity index (χ4v) is 2.04. The van der Waals surface area contributed by atoms with Crippen LogP contribution in [0.3, 0.4) is 0 Å². The topological polar surface area (TPSA) is 87.0 Å². The SMILES string of the molecule is C[C@H](OC(=O)c1ccc2c(c1)OCO2)C(=O)NCc1ccco1. The van der Waals surface area contributed by atoms with Crippen molar-refractivity contribution in [3.8, 4) is 11.5 Å². The zero-order valence-electron chi connectivity index (χ0n) is 12.4. The summed E-state index contributed by atoms with van der Waals surface area (Å²) >= 11 is 0. The monoisotopic (exact) mass is 317 g/mol. The smallest absolute Gasteiger partial charge is 0.339 e. The van der Waals surface area contributed by atoms with Gasteiger partial charge in [0.25, 0.3) is 5.91 Å². The summed E-state index contributed by atoms with van der Waals surface area (Å²) in [5.41, 5.74) is 0.292. The summed E-state index contributed by atoms with van der Waals surface area (Å²) in [6.45, 7) is 1.86. The van der Waals surface area contributed by atoms with Crippen molar-refractivity contribution in [2.24, 2.45) is 0 Å². The number of amides is 1. The Balaban J connectivity index is 1.55. The van der Waals surface area contributed by atoms with Gasteiger partial charge in [-0.2, -0.15) is 0 Å². The molecule has 0 radical (unpaired) electrons. The van der Waals surface area contributed by atoms with Crippen LogP contribution in [0.1, 0.15) is 23.0 Å². The Labute approximate surface area is 132 Å². The highest BCUT2D eigenvalue weighted by Gasteiger charge is 2.21. The minimum atomic E-state index is -0.928. The van der Waals surface area contributed by atoms with Gasteiger partial charge in [-0.25, -0.2) is 4.79 Å². The number of furan rings is 1. The maximum atomic E-state index is 12.1. The second-order valence-electron chi connectivity index (χ2n) is 4.91. The summed E-state index contributed by atoms with van der Waals surface area (Å²) in [5, 5.41) is 2.63. The molecule has 1 aliphatic rings. The first-order valence-electron chi connectivity index (χ1n) is 7.04. The number of fused-ring (bicyclic) bond motifs is 1. The highest BCUT2D eigenvalue weighted by Crippen LogP contribution is 2.32. The second kappa shape index (κ2) is 6.43. The van der Waals surface area contributed by atoms with Crippen molar-refractivity contribution in [2.75, 3.05) is 6.79 Å². The largest absolute Gasteiger partial charge is 0.467 e. The molecule has 120 valence electrons. The molecular formula is C16H15NO6. The van der Waals surface area contributed by atoms with Gasteiger partial charge >= 0.3 is 5.97 Å². The number of benzene rings is 1. The normalized spacial score (nSPS) is 13.4. The van der Waals surface area contributed by atoms with Crippen LogP contribution in [0.25, 0.3) is 0 Å². The van der Waals surface area contributed by atoms with Crippen molar-refractivity contribution in [3.05, 3.63) is 47.9 Å². The van der Waals surface area contributed by atoms with Crippen LogP contribution >= 0.6 is 0 Å². The molecule has 7 nitrogen and oxygen atoms in total. The number of ether oxygens (including phenoxy) is 3. The van der Waals surface area contributed by atoms with E-state index in [0.717, 1.165) is 0 Å². The molecule has 0 aliphatic carbocycles. The maximum absolute atomic E-state index is 12.1. The van der Waals surface area contributed by atoms with Crippen LogP contribution in [0, 0.1) is 0 Å². The van der Waals surface area contributed by atoms with E-state index in [1.165, 1.54) is 19.3 Å². The van der Waals surface area contributed by atoms with E-state index in [1.807, 2.05) is 0 Å². The van der Waals surface area contributed by atoms with E-state index in [-0.39, 0.29) is 13.3 Å². The van der Waals surface area contributed by atoms with E-state index in [9.17, 15) is 9.59 Å². The Morgan fingerprint density at radius 3 is 2.87 bits per heavy atom. The molecule has 1 atom stereocenters. The Kier molecular flexibility index (Phi) is 4.18. The molecule has 0 bridgehead atoms. The van der Waals surface area contributed by atoms with Crippen molar-refractivity contribution in [2.45, 2.75) is 19.6 Å². The average Bonchev–Trinajstić information content (AvgIpc) is 3.22. The van der Waals surface area contributed by atoms with Crippen LogP contribution in [-0.4, -0.2) is 24.8 Å². The van der Waals surface area contributed by atoms with Gasteiger partial charge in [0, 0.05) is 0 Å². The molecule has 0 spiro atoms. The van der Waals surface area contributed by atoms with Crippen LogP contribution < -0.4 is 14.8 Å². The lowest BCUT2D eigenvalue weighted by Crippen LogP contribution is -2.35. The summed E-state index contributed by atoms with van der Waals surface area (Å²) < 4.78 is 20.6. The third kappa shape index (κ3) is 3.45. The minimum absolute atomic E-state index is 0.124. The summed E-state index contributed by atoms with van der Waals surface area (Å²) in [5.74, 6) is 0.659. The van der Waals surface area contributed by atoms with Crippen LogP contribution in [0.2, 0.25) is 0 Å². The molecule has 1 amide bonds. The molecule has 1 aliphatic heterocycles. The number of carbonyl (C=O) groups excluding carboxylic acids is 2. The third-order valence-electron chi connectivity index (χ3n) is 3.28. The van der Waals surface area contributed by atoms with Crippen LogP contribution in [0.5, 0.6) is 11.5 Å². The van der Waals surface area contributed by atoms with E-state index in [2.05, 4.69) is 5.32 Å². The van der Waals surface area contributed by atoms with E-state index in [1.54, 1.807) is 24.3 Å². The number of hydrogen-bond acceptors (Lipinski definition) is 6. The first kappa shape index (κ1) is 15.0. The molecule has 0 saturated carbocycles. The Bertz CT molecular complexity index is 709. The molecule has 7 heteroatoms. The van der Waals surface area contributed by atoms with E-state index < -0.39 is 18.0 Å². The van der Waals surface area contributed by atoms with E-state index in [4.69, 9.17) is 18.6 Å². The Hall–Kier alpha value is -2.96. The fraction of sp³-hybridized carbons (Fsp3) is 0.250. The van der Waals surface area contributed by atoms with Gasteiger partial charge in [0.05, 0.1) is 18.4 Å². The quantitative estimate of drug-likeness (QED) is 0.847. The highest BCUT2D eigenvalue weighted by atomic mass is 16.7. The highest BCUT2D eigenvalue weighted by molar-refractivity contribution is 5.92. The standard InChI is InChI=1S/C16H15NO6/c1-10(15(18)17-8-12-3-2-6-20-12)23-16(19)11-4-5-13-14(7-11)22-9-21-13/h2-7,10H,8-9H2,1H3,(H,17,18)/t10-/m0/s1. The summed E-state index contributed by atoms with van der Waals surface area (Å²) in [7, 11) is 0. The predicted molar refractivity (Wildman–Crippen MR) is 78.0 cm³/mol.